The number of nitrogen functional groups attached to an aromatic ring is 1. The van der Waals surface area contributed by atoms with Crippen LogP contribution in [0.2, 0.25) is 5.02 Å². The van der Waals surface area contributed by atoms with Crippen molar-refractivity contribution in [2.75, 3.05) is 45.2 Å². The van der Waals surface area contributed by atoms with E-state index in [0.29, 0.717) is 52.5 Å². The number of nitrogens with two attached hydrogens (primary N) is 1. The fourth-order valence-electron chi connectivity index (χ4n) is 5.24. The van der Waals surface area contributed by atoms with Gasteiger partial charge in [-0.15, -0.1) is 0 Å². The minimum absolute atomic E-state index is 0.105. The van der Waals surface area contributed by atoms with Crippen molar-refractivity contribution in [2.24, 2.45) is 4.99 Å². The first-order valence-electron chi connectivity index (χ1n) is 13.2. The SMILES string of the molecule is COc1cc(Cc2cnc(/N=C3\C(=O)N(CN4CCCCC4C)c4ccc(Cl)cc43)nc2N)cc(OC)c1OC. The molecule has 2 N–H and O–H groups in total. The molecule has 0 aliphatic carbocycles. The third-order valence-corrected chi connectivity index (χ3v) is 7.67. The van der Waals surface area contributed by atoms with Gasteiger partial charge in [0.25, 0.3) is 11.9 Å². The number of aliphatic imine (C=N–C) groups is 1. The molecular formula is C29H33ClN6O4. The highest BCUT2D eigenvalue weighted by atomic mass is 35.5. The van der Waals surface area contributed by atoms with Crippen LogP contribution in [-0.4, -0.2) is 67.1 Å². The normalized spacial score (nSPS) is 18.2. The first kappa shape index (κ1) is 27.7. The Hall–Kier alpha value is -3.89. The number of rotatable bonds is 8. The van der Waals surface area contributed by atoms with E-state index in [0.717, 1.165) is 30.6 Å². The van der Waals surface area contributed by atoms with E-state index in [4.69, 9.17) is 31.5 Å². The Balaban J connectivity index is 1.43. The monoisotopic (exact) mass is 564 g/mol. The third kappa shape index (κ3) is 5.41. The molecule has 1 unspecified atom stereocenters. The molecule has 11 heteroatoms. The quantitative estimate of drug-likeness (QED) is 0.421. The molecule has 2 aliphatic rings. The Bertz CT molecular complexity index is 1440. The molecule has 1 fully saturated rings. The van der Waals surface area contributed by atoms with Crippen molar-refractivity contribution >= 4 is 40.7 Å². The van der Waals surface area contributed by atoms with E-state index in [-0.39, 0.29) is 23.4 Å². The number of piperidine rings is 1. The van der Waals surface area contributed by atoms with Crippen LogP contribution in [0.4, 0.5) is 17.5 Å². The van der Waals surface area contributed by atoms with E-state index in [2.05, 4.69) is 26.8 Å². The largest absolute Gasteiger partial charge is 0.493 e. The van der Waals surface area contributed by atoms with Crippen molar-refractivity contribution in [1.82, 2.24) is 14.9 Å². The van der Waals surface area contributed by atoms with E-state index in [1.54, 1.807) is 44.6 Å². The zero-order valence-corrected chi connectivity index (χ0v) is 23.9. The minimum atomic E-state index is -0.210. The predicted octanol–water partition coefficient (Wildman–Crippen LogP) is 4.63. The van der Waals surface area contributed by atoms with Crippen molar-refractivity contribution in [3.05, 3.63) is 58.2 Å². The average molecular weight is 565 g/mol. The lowest BCUT2D eigenvalue weighted by Crippen LogP contribution is -2.47. The topological polar surface area (TPSA) is 115 Å². The van der Waals surface area contributed by atoms with Crippen molar-refractivity contribution in [3.63, 3.8) is 0 Å². The smallest absolute Gasteiger partial charge is 0.278 e. The van der Waals surface area contributed by atoms with E-state index in [1.807, 2.05) is 18.2 Å². The Kier molecular flexibility index (Phi) is 8.09. The highest BCUT2D eigenvalue weighted by Gasteiger charge is 2.36. The number of fused-ring (bicyclic) bond motifs is 1. The summed E-state index contributed by atoms with van der Waals surface area (Å²) < 4.78 is 16.3. The van der Waals surface area contributed by atoms with E-state index in [9.17, 15) is 4.79 Å². The Morgan fingerprint density at radius 3 is 2.50 bits per heavy atom. The van der Waals surface area contributed by atoms with Crippen LogP contribution >= 0.6 is 11.6 Å². The fraction of sp³-hybridized carbons (Fsp3) is 0.379. The van der Waals surface area contributed by atoms with Gasteiger partial charge < -0.3 is 19.9 Å². The molecule has 40 heavy (non-hydrogen) atoms. The molecule has 2 aliphatic heterocycles. The van der Waals surface area contributed by atoms with Crippen LogP contribution in [0, 0.1) is 0 Å². The second-order valence-electron chi connectivity index (χ2n) is 9.94. The molecule has 3 heterocycles. The summed E-state index contributed by atoms with van der Waals surface area (Å²) in [7, 11) is 4.69. The summed E-state index contributed by atoms with van der Waals surface area (Å²) in [5.41, 5.74) is 9.58. The summed E-state index contributed by atoms with van der Waals surface area (Å²) in [5.74, 6) is 1.75. The van der Waals surface area contributed by atoms with Gasteiger partial charge in [0.1, 0.15) is 11.5 Å². The van der Waals surface area contributed by atoms with Gasteiger partial charge in [-0.3, -0.25) is 14.6 Å². The molecule has 0 radical (unpaired) electrons. The van der Waals surface area contributed by atoms with Gasteiger partial charge in [-0.1, -0.05) is 18.0 Å². The number of benzene rings is 2. The molecular weight excluding hydrogens is 532 g/mol. The summed E-state index contributed by atoms with van der Waals surface area (Å²) in [6, 6.07) is 9.52. The molecule has 1 amide bonds. The van der Waals surface area contributed by atoms with Gasteiger partial charge in [0.15, 0.2) is 11.5 Å². The maximum absolute atomic E-state index is 13.6. The number of hydrogen-bond donors (Lipinski definition) is 1. The number of amides is 1. The van der Waals surface area contributed by atoms with Crippen LogP contribution in [0.15, 0.2) is 41.5 Å². The Morgan fingerprint density at radius 2 is 1.85 bits per heavy atom. The summed E-state index contributed by atoms with van der Waals surface area (Å²) in [6.45, 7) is 3.64. The van der Waals surface area contributed by atoms with Crippen molar-refractivity contribution in [2.45, 2.75) is 38.6 Å². The van der Waals surface area contributed by atoms with Gasteiger partial charge in [0, 0.05) is 41.4 Å². The summed E-state index contributed by atoms with van der Waals surface area (Å²) in [5, 5.41) is 0.522. The van der Waals surface area contributed by atoms with Crippen molar-refractivity contribution in [1.29, 1.82) is 0 Å². The number of ether oxygens (including phenoxy) is 3. The first-order valence-corrected chi connectivity index (χ1v) is 13.6. The third-order valence-electron chi connectivity index (χ3n) is 7.43. The maximum Gasteiger partial charge on any atom is 0.278 e. The van der Waals surface area contributed by atoms with Gasteiger partial charge >= 0.3 is 0 Å². The van der Waals surface area contributed by atoms with Crippen molar-refractivity contribution < 1.29 is 19.0 Å². The second-order valence-corrected chi connectivity index (χ2v) is 10.4. The summed E-state index contributed by atoms with van der Waals surface area (Å²) in [4.78, 5) is 31.1. The number of methoxy groups -OCH3 is 3. The first-order chi connectivity index (χ1) is 19.3. The molecule has 0 spiro atoms. The lowest BCUT2D eigenvalue weighted by molar-refractivity contribution is -0.112. The highest BCUT2D eigenvalue weighted by Crippen LogP contribution is 2.39. The number of nitrogens with zero attached hydrogens (tertiary/aromatic N) is 5. The Morgan fingerprint density at radius 1 is 1.10 bits per heavy atom. The highest BCUT2D eigenvalue weighted by molar-refractivity contribution is 6.55. The molecule has 3 aromatic rings. The Labute approximate surface area is 238 Å². The molecule has 10 nitrogen and oxygen atoms in total. The van der Waals surface area contributed by atoms with Crippen LogP contribution in [0.25, 0.3) is 0 Å². The van der Waals surface area contributed by atoms with Crippen LogP contribution in [0.3, 0.4) is 0 Å². The zero-order valence-electron chi connectivity index (χ0n) is 23.1. The van der Waals surface area contributed by atoms with Crippen molar-refractivity contribution in [3.8, 4) is 17.2 Å². The number of aromatic nitrogens is 2. The van der Waals surface area contributed by atoms with Crippen LogP contribution in [0.1, 0.15) is 42.9 Å². The molecule has 0 bridgehead atoms. The number of carbonyl (C=O) groups is 1. The van der Waals surface area contributed by atoms with Crippen LogP contribution in [-0.2, 0) is 11.2 Å². The number of likely N-dealkylation sites (tertiary alicyclic amines) is 1. The zero-order chi connectivity index (χ0) is 28.4. The lowest BCUT2D eigenvalue weighted by Gasteiger charge is -2.36. The summed E-state index contributed by atoms with van der Waals surface area (Å²) >= 11 is 6.32. The second kappa shape index (κ2) is 11.7. The molecule has 1 saturated heterocycles. The molecule has 210 valence electrons. The number of anilines is 2. The average Bonchev–Trinajstić information content (AvgIpc) is 3.20. The number of hydrogen-bond acceptors (Lipinski definition) is 9. The van der Waals surface area contributed by atoms with E-state index < -0.39 is 0 Å². The lowest BCUT2D eigenvalue weighted by atomic mass is 10.0. The maximum atomic E-state index is 13.6. The van der Waals surface area contributed by atoms with Gasteiger partial charge in [0.05, 0.1) is 33.7 Å². The van der Waals surface area contributed by atoms with E-state index in [1.165, 1.54) is 6.42 Å². The molecule has 2 aromatic carbocycles. The van der Waals surface area contributed by atoms with E-state index >= 15 is 0 Å². The molecule has 5 rings (SSSR count). The minimum Gasteiger partial charge on any atom is -0.493 e. The molecule has 0 saturated carbocycles. The van der Waals surface area contributed by atoms with Crippen LogP contribution in [0.5, 0.6) is 17.2 Å². The molecule has 1 atom stereocenters. The molecule has 1 aromatic heterocycles. The van der Waals surface area contributed by atoms with Crippen LogP contribution < -0.4 is 24.8 Å². The van der Waals surface area contributed by atoms with Gasteiger partial charge in [-0.25, -0.2) is 9.98 Å². The standard InChI is InChI=1S/C29H33ClN6O4/c1-17-7-5-6-10-35(17)16-36-22-9-8-20(30)14-21(22)25(28(36)37)33-29-32-15-19(27(31)34-29)11-18-12-23(38-2)26(40-4)24(13-18)39-3/h8-9,12-15,17H,5-7,10-11,16H2,1-4H3,(H2,31,32,34)/b33-25-. The number of carbonyl (C=O) groups excluding carboxylic acids is 1. The predicted molar refractivity (Wildman–Crippen MR) is 155 cm³/mol. The van der Waals surface area contributed by atoms with Gasteiger partial charge in [-0.2, -0.15) is 4.98 Å². The van der Waals surface area contributed by atoms with Gasteiger partial charge in [-0.05, 0) is 55.7 Å². The summed E-state index contributed by atoms with van der Waals surface area (Å²) in [6.07, 6.45) is 5.50. The van der Waals surface area contributed by atoms with Gasteiger partial charge in [0.2, 0.25) is 5.75 Å². The fourth-order valence-corrected chi connectivity index (χ4v) is 5.41. The number of halogens is 1.